The molecule has 1 aromatic carbocycles. The van der Waals surface area contributed by atoms with Gasteiger partial charge in [-0.25, -0.2) is 0 Å². The first-order chi connectivity index (χ1) is 10.6. The van der Waals surface area contributed by atoms with Gasteiger partial charge >= 0.3 is 0 Å². The number of hydrogen-bond acceptors (Lipinski definition) is 4. The predicted molar refractivity (Wildman–Crippen MR) is 85.6 cm³/mol. The van der Waals surface area contributed by atoms with Crippen LogP contribution in [0.25, 0.3) is 0 Å². The maximum Gasteiger partial charge on any atom is 0.225 e. The van der Waals surface area contributed by atoms with Gasteiger partial charge in [0.2, 0.25) is 5.91 Å². The Morgan fingerprint density at radius 3 is 2.77 bits per heavy atom. The lowest BCUT2D eigenvalue weighted by molar-refractivity contribution is -0.116. The van der Waals surface area contributed by atoms with Crippen molar-refractivity contribution in [3.63, 3.8) is 0 Å². The van der Waals surface area contributed by atoms with E-state index >= 15 is 0 Å². The molecule has 0 saturated heterocycles. The fourth-order valence-electron chi connectivity index (χ4n) is 1.98. The van der Waals surface area contributed by atoms with Crippen LogP contribution in [0.4, 0.5) is 5.69 Å². The molecule has 2 aromatic rings. The fraction of sp³-hybridized carbons (Fsp3) is 0.235. The van der Waals surface area contributed by atoms with Gasteiger partial charge in [0.05, 0.1) is 0 Å². The van der Waals surface area contributed by atoms with Crippen molar-refractivity contribution in [2.75, 3.05) is 11.9 Å². The van der Waals surface area contributed by atoms with Gasteiger partial charge in [0.1, 0.15) is 0 Å². The minimum atomic E-state index is -0.0839. The first-order valence-electron chi connectivity index (χ1n) is 7.15. The molecule has 114 valence electrons. The summed E-state index contributed by atoms with van der Waals surface area (Å²) in [5.41, 5.74) is 2.31. The summed E-state index contributed by atoms with van der Waals surface area (Å²) in [6.07, 6.45) is 3.89. The monoisotopic (exact) mass is 297 g/mol. The number of carbonyl (C=O) groups is 2. The third kappa shape index (κ3) is 5.10. The molecule has 5 nitrogen and oxygen atoms in total. The van der Waals surface area contributed by atoms with Crippen molar-refractivity contribution in [3.8, 4) is 0 Å². The second kappa shape index (κ2) is 8.05. The number of anilines is 1. The van der Waals surface area contributed by atoms with Gasteiger partial charge in [-0.1, -0.05) is 18.2 Å². The Morgan fingerprint density at radius 2 is 2.05 bits per heavy atom. The molecule has 0 spiro atoms. The number of aromatic nitrogens is 1. The largest absolute Gasteiger partial charge is 0.326 e. The maximum absolute atomic E-state index is 11.9. The van der Waals surface area contributed by atoms with Crippen molar-refractivity contribution in [3.05, 3.63) is 59.9 Å². The number of nitrogens with one attached hydrogen (secondary N) is 2. The third-order valence-corrected chi connectivity index (χ3v) is 3.13. The van der Waals surface area contributed by atoms with E-state index in [9.17, 15) is 9.59 Å². The number of nitrogens with zero attached hydrogens (tertiary/aromatic N) is 1. The summed E-state index contributed by atoms with van der Waals surface area (Å²) in [6.45, 7) is 2.76. The van der Waals surface area contributed by atoms with E-state index in [0.717, 1.165) is 5.56 Å². The smallest absolute Gasteiger partial charge is 0.225 e. The lowest BCUT2D eigenvalue weighted by Crippen LogP contribution is -2.21. The molecule has 0 radical (unpaired) electrons. The molecule has 2 N–H and O–H groups in total. The maximum atomic E-state index is 11.9. The molecule has 0 unspecified atom stereocenters. The average molecular weight is 297 g/mol. The van der Waals surface area contributed by atoms with E-state index < -0.39 is 0 Å². The van der Waals surface area contributed by atoms with Gasteiger partial charge in [-0.2, -0.15) is 0 Å². The Labute approximate surface area is 129 Å². The van der Waals surface area contributed by atoms with E-state index in [0.29, 0.717) is 30.8 Å². The zero-order chi connectivity index (χ0) is 15.8. The molecule has 22 heavy (non-hydrogen) atoms. The van der Waals surface area contributed by atoms with Gasteiger partial charge < -0.3 is 10.6 Å². The highest BCUT2D eigenvalue weighted by atomic mass is 16.1. The number of Topliss-reactive ketones (excluding diaryl/α,β-unsaturated/α-hetero) is 1. The third-order valence-electron chi connectivity index (χ3n) is 3.13. The minimum absolute atomic E-state index is 0.0192. The lowest BCUT2D eigenvalue weighted by Gasteiger charge is -2.07. The van der Waals surface area contributed by atoms with Crippen molar-refractivity contribution in [1.29, 1.82) is 0 Å². The topological polar surface area (TPSA) is 71.1 Å². The second-order valence-electron chi connectivity index (χ2n) is 4.97. The van der Waals surface area contributed by atoms with Crippen LogP contribution >= 0.6 is 0 Å². The molecule has 0 aliphatic carbocycles. The molecule has 0 fully saturated rings. The van der Waals surface area contributed by atoms with Gasteiger partial charge in [-0.3, -0.25) is 14.6 Å². The zero-order valence-corrected chi connectivity index (χ0v) is 12.5. The minimum Gasteiger partial charge on any atom is -0.326 e. The van der Waals surface area contributed by atoms with Gasteiger partial charge in [0.25, 0.3) is 0 Å². The normalized spacial score (nSPS) is 10.2. The van der Waals surface area contributed by atoms with E-state index in [1.165, 1.54) is 6.92 Å². The van der Waals surface area contributed by atoms with Crippen molar-refractivity contribution >= 4 is 17.4 Å². The molecule has 1 aromatic heterocycles. The molecule has 0 saturated carbocycles. The lowest BCUT2D eigenvalue weighted by atomic mass is 10.1. The van der Waals surface area contributed by atoms with E-state index in [-0.39, 0.29) is 11.7 Å². The number of amides is 1. The van der Waals surface area contributed by atoms with Gasteiger partial charge in [-0.05, 0) is 30.7 Å². The molecule has 0 aliphatic rings. The van der Waals surface area contributed by atoms with Crippen LogP contribution in [0.1, 0.15) is 29.3 Å². The Morgan fingerprint density at radius 1 is 1.18 bits per heavy atom. The number of rotatable bonds is 7. The van der Waals surface area contributed by atoms with Crippen LogP contribution in [0, 0.1) is 0 Å². The van der Waals surface area contributed by atoms with E-state index in [4.69, 9.17) is 0 Å². The Balaban J connectivity index is 1.74. The summed E-state index contributed by atoms with van der Waals surface area (Å²) < 4.78 is 0. The highest BCUT2D eigenvalue weighted by Gasteiger charge is 2.04. The predicted octanol–water partition coefficient (Wildman–Crippen LogP) is 2.40. The van der Waals surface area contributed by atoms with Crippen LogP contribution in [0.2, 0.25) is 0 Å². The summed E-state index contributed by atoms with van der Waals surface area (Å²) in [7, 11) is 0. The standard InChI is InChI=1S/C17H19N3O2/c1-13(21)15-5-2-6-16(10-15)20-17(22)7-9-19-12-14-4-3-8-18-11-14/h2-6,8,10-11,19H,7,9,12H2,1H3,(H,20,22). The van der Waals surface area contributed by atoms with Crippen LogP contribution in [0.3, 0.4) is 0 Å². The van der Waals surface area contributed by atoms with Gasteiger partial charge in [0.15, 0.2) is 5.78 Å². The number of carbonyl (C=O) groups excluding carboxylic acids is 2. The van der Waals surface area contributed by atoms with E-state index in [1.54, 1.807) is 36.7 Å². The van der Waals surface area contributed by atoms with Crippen LogP contribution < -0.4 is 10.6 Å². The SMILES string of the molecule is CC(=O)c1cccc(NC(=O)CCNCc2cccnc2)c1. The molecular formula is C17H19N3O2. The number of ketones is 1. The number of benzene rings is 1. The fourth-order valence-corrected chi connectivity index (χ4v) is 1.98. The second-order valence-corrected chi connectivity index (χ2v) is 4.97. The molecule has 0 atom stereocenters. The quantitative estimate of drug-likeness (QED) is 0.608. The molecule has 1 heterocycles. The van der Waals surface area contributed by atoms with Crippen LogP contribution in [0.5, 0.6) is 0 Å². The zero-order valence-electron chi connectivity index (χ0n) is 12.5. The molecule has 2 rings (SSSR count). The van der Waals surface area contributed by atoms with E-state index in [1.807, 2.05) is 12.1 Å². The number of hydrogen-bond donors (Lipinski definition) is 2. The van der Waals surface area contributed by atoms with Crippen LogP contribution in [-0.2, 0) is 11.3 Å². The summed E-state index contributed by atoms with van der Waals surface area (Å²) in [4.78, 5) is 27.2. The molecule has 0 aliphatic heterocycles. The van der Waals surface area contributed by atoms with Crippen molar-refractivity contribution < 1.29 is 9.59 Å². The Bertz CT molecular complexity index is 641. The summed E-state index contributed by atoms with van der Waals surface area (Å²) in [6, 6.07) is 10.8. The highest BCUT2D eigenvalue weighted by Crippen LogP contribution is 2.11. The average Bonchev–Trinajstić information content (AvgIpc) is 2.53. The van der Waals surface area contributed by atoms with Crippen LogP contribution in [-0.4, -0.2) is 23.2 Å². The Kier molecular flexibility index (Phi) is 5.80. The highest BCUT2D eigenvalue weighted by molar-refractivity contribution is 5.97. The van der Waals surface area contributed by atoms with Crippen LogP contribution in [0.15, 0.2) is 48.8 Å². The molecular weight excluding hydrogens is 278 g/mol. The first-order valence-corrected chi connectivity index (χ1v) is 7.15. The van der Waals surface area contributed by atoms with Crippen molar-refractivity contribution in [2.24, 2.45) is 0 Å². The summed E-state index contributed by atoms with van der Waals surface area (Å²) in [5.74, 6) is -0.103. The molecule has 0 bridgehead atoms. The molecule has 5 heteroatoms. The van der Waals surface area contributed by atoms with Crippen molar-refractivity contribution in [1.82, 2.24) is 10.3 Å². The van der Waals surface area contributed by atoms with Gasteiger partial charge in [-0.15, -0.1) is 0 Å². The molecule has 1 amide bonds. The van der Waals surface area contributed by atoms with E-state index in [2.05, 4.69) is 15.6 Å². The Hall–Kier alpha value is -2.53. The number of pyridine rings is 1. The van der Waals surface area contributed by atoms with Crippen molar-refractivity contribution in [2.45, 2.75) is 19.9 Å². The van der Waals surface area contributed by atoms with Gasteiger partial charge in [0, 0.05) is 43.2 Å². The summed E-state index contributed by atoms with van der Waals surface area (Å²) in [5, 5.41) is 5.99. The summed E-state index contributed by atoms with van der Waals surface area (Å²) >= 11 is 0. The first kappa shape index (κ1) is 15.9.